The average molecular weight is 270 g/mol. The van der Waals surface area contributed by atoms with Gasteiger partial charge in [0.15, 0.2) is 0 Å². The third kappa shape index (κ3) is 3.25. The zero-order chi connectivity index (χ0) is 13.1. The Kier molecular flexibility index (Phi) is 4.27. The summed E-state index contributed by atoms with van der Waals surface area (Å²) in [7, 11) is 2.02. The molecule has 100 valence electrons. The first-order valence-electron chi connectivity index (χ1n) is 6.42. The molecule has 0 atom stereocenters. The highest BCUT2D eigenvalue weighted by Gasteiger charge is 2.28. The van der Waals surface area contributed by atoms with Crippen LogP contribution in [0.2, 0.25) is 0 Å². The molecule has 18 heavy (non-hydrogen) atoms. The van der Waals surface area contributed by atoms with Crippen LogP contribution in [0.25, 0.3) is 0 Å². The van der Waals surface area contributed by atoms with Gasteiger partial charge in [-0.25, -0.2) is 4.98 Å². The summed E-state index contributed by atoms with van der Waals surface area (Å²) >= 11 is 6.00. The quantitative estimate of drug-likeness (QED) is 0.771. The summed E-state index contributed by atoms with van der Waals surface area (Å²) in [5, 5.41) is 0.362. The molecule has 0 radical (unpaired) electrons. The van der Waals surface area contributed by atoms with E-state index in [1.807, 2.05) is 27.0 Å². The van der Waals surface area contributed by atoms with E-state index in [2.05, 4.69) is 14.9 Å². The first-order valence-corrected chi connectivity index (χ1v) is 6.85. The summed E-state index contributed by atoms with van der Waals surface area (Å²) in [6.45, 7) is 5.49. The topological polar surface area (TPSA) is 38.2 Å². The van der Waals surface area contributed by atoms with Gasteiger partial charge in [0.25, 0.3) is 0 Å². The minimum Gasteiger partial charge on any atom is -0.478 e. The van der Waals surface area contributed by atoms with E-state index in [9.17, 15) is 0 Å². The van der Waals surface area contributed by atoms with E-state index in [1.165, 1.54) is 0 Å². The van der Waals surface area contributed by atoms with Gasteiger partial charge in [-0.3, -0.25) is 0 Å². The van der Waals surface area contributed by atoms with Crippen molar-refractivity contribution in [1.29, 1.82) is 0 Å². The molecule has 1 fully saturated rings. The fourth-order valence-corrected chi connectivity index (χ4v) is 2.69. The summed E-state index contributed by atoms with van der Waals surface area (Å²) in [6, 6.07) is 1.86. The highest BCUT2D eigenvalue weighted by Crippen LogP contribution is 2.32. The fraction of sp³-hybridized carbons (Fsp3) is 0.692. The molecule has 0 N–H and O–H groups in total. The molecule has 0 unspecified atom stereocenters. The Bertz CT molecular complexity index is 407. The number of rotatable bonds is 5. The lowest BCUT2D eigenvalue weighted by molar-refractivity contribution is 0.320. The van der Waals surface area contributed by atoms with Gasteiger partial charge in [-0.1, -0.05) is 0 Å². The van der Waals surface area contributed by atoms with E-state index in [4.69, 9.17) is 16.3 Å². The Morgan fingerprint density at radius 2 is 2.17 bits per heavy atom. The van der Waals surface area contributed by atoms with Gasteiger partial charge >= 0.3 is 0 Å². The second kappa shape index (κ2) is 5.74. The average Bonchev–Trinajstić information content (AvgIpc) is 2.26. The van der Waals surface area contributed by atoms with Crippen LogP contribution >= 0.6 is 11.6 Å². The van der Waals surface area contributed by atoms with Gasteiger partial charge in [-0.15, -0.1) is 11.6 Å². The molecule has 4 nitrogen and oxygen atoms in total. The largest absolute Gasteiger partial charge is 0.478 e. The summed E-state index contributed by atoms with van der Waals surface area (Å²) in [4.78, 5) is 10.9. The molecule has 2 rings (SSSR count). The molecular formula is C13H20ClN3O. The zero-order valence-electron chi connectivity index (χ0n) is 11.2. The molecule has 0 saturated heterocycles. The molecule has 5 heteroatoms. The number of aromatic nitrogens is 2. The monoisotopic (exact) mass is 269 g/mol. The van der Waals surface area contributed by atoms with Gasteiger partial charge in [0, 0.05) is 30.7 Å². The summed E-state index contributed by atoms with van der Waals surface area (Å²) in [6.07, 6.45) is 2.19. The Morgan fingerprint density at radius 3 is 2.78 bits per heavy atom. The maximum Gasteiger partial charge on any atom is 0.228 e. The van der Waals surface area contributed by atoms with Crippen molar-refractivity contribution in [3.8, 4) is 5.88 Å². The Hall–Kier alpha value is -1.03. The van der Waals surface area contributed by atoms with Gasteiger partial charge in [-0.2, -0.15) is 4.98 Å². The lowest BCUT2D eigenvalue weighted by atomic mass is 9.84. The van der Waals surface area contributed by atoms with Crippen molar-refractivity contribution < 1.29 is 4.74 Å². The molecular weight excluding hydrogens is 250 g/mol. The molecule has 1 saturated carbocycles. The minimum atomic E-state index is 0.362. The van der Waals surface area contributed by atoms with E-state index in [0.717, 1.165) is 31.0 Å². The molecule has 0 bridgehead atoms. The number of aryl methyl sites for hydroxylation is 1. The van der Waals surface area contributed by atoms with Crippen molar-refractivity contribution in [3.05, 3.63) is 11.8 Å². The van der Waals surface area contributed by atoms with Crippen LogP contribution in [-0.2, 0) is 0 Å². The van der Waals surface area contributed by atoms with Crippen LogP contribution in [0.15, 0.2) is 6.07 Å². The maximum absolute atomic E-state index is 6.00. The highest BCUT2D eigenvalue weighted by molar-refractivity contribution is 6.21. The number of halogens is 1. The molecule has 0 aromatic carbocycles. The normalized spacial score (nSPS) is 22.4. The lowest BCUT2D eigenvalue weighted by Crippen LogP contribution is -2.35. The van der Waals surface area contributed by atoms with Crippen molar-refractivity contribution in [2.24, 2.45) is 5.92 Å². The molecule has 1 aromatic heterocycles. The molecule has 1 aliphatic carbocycles. The first-order chi connectivity index (χ1) is 8.58. The van der Waals surface area contributed by atoms with E-state index >= 15 is 0 Å². The van der Waals surface area contributed by atoms with Gasteiger partial charge < -0.3 is 9.64 Å². The number of nitrogens with zero attached hydrogens (tertiary/aromatic N) is 3. The molecule has 1 aromatic rings. The lowest BCUT2D eigenvalue weighted by Gasteiger charge is -2.34. The van der Waals surface area contributed by atoms with Gasteiger partial charge in [0.2, 0.25) is 11.8 Å². The molecule has 0 amide bonds. The Balaban J connectivity index is 2.02. The van der Waals surface area contributed by atoms with Crippen molar-refractivity contribution >= 4 is 17.5 Å². The van der Waals surface area contributed by atoms with E-state index < -0.39 is 0 Å². The number of anilines is 1. The smallest absolute Gasteiger partial charge is 0.228 e. The third-order valence-electron chi connectivity index (χ3n) is 3.16. The third-order valence-corrected chi connectivity index (χ3v) is 3.52. The zero-order valence-corrected chi connectivity index (χ0v) is 11.9. The van der Waals surface area contributed by atoms with Crippen LogP contribution in [-0.4, -0.2) is 35.5 Å². The number of hydrogen-bond acceptors (Lipinski definition) is 4. The van der Waals surface area contributed by atoms with E-state index in [1.54, 1.807) is 0 Å². The van der Waals surface area contributed by atoms with E-state index in [0.29, 0.717) is 23.8 Å². The standard InChI is InChI=1S/C13H20ClN3O/c1-4-18-12-5-9(2)15-13(16-12)17(3)8-10-6-11(14)7-10/h5,10-11H,4,6-8H2,1-3H3. The Morgan fingerprint density at radius 1 is 1.44 bits per heavy atom. The van der Waals surface area contributed by atoms with Crippen LogP contribution in [0.1, 0.15) is 25.5 Å². The molecule has 0 spiro atoms. The molecule has 0 aliphatic heterocycles. The van der Waals surface area contributed by atoms with Crippen LogP contribution in [0, 0.1) is 12.8 Å². The van der Waals surface area contributed by atoms with Crippen molar-refractivity contribution in [2.45, 2.75) is 32.1 Å². The number of ether oxygens (including phenoxy) is 1. The van der Waals surface area contributed by atoms with Crippen LogP contribution in [0.4, 0.5) is 5.95 Å². The summed E-state index contributed by atoms with van der Waals surface area (Å²) in [5.74, 6) is 2.05. The molecule has 1 heterocycles. The van der Waals surface area contributed by atoms with Crippen molar-refractivity contribution in [3.63, 3.8) is 0 Å². The number of alkyl halides is 1. The van der Waals surface area contributed by atoms with E-state index in [-0.39, 0.29) is 0 Å². The van der Waals surface area contributed by atoms with Crippen LogP contribution < -0.4 is 9.64 Å². The van der Waals surface area contributed by atoms with Crippen LogP contribution in [0.3, 0.4) is 0 Å². The Labute approximate surface area is 113 Å². The number of hydrogen-bond donors (Lipinski definition) is 0. The summed E-state index contributed by atoms with van der Waals surface area (Å²) < 4.78 is 5.44. The molecule has 1 aliphatic rings. The minimum absolute atomic E-state index is 0.362. The second-order valence-electron chi connectivity index (χ2n) is 4.90. The van der Waals surface area contributed by atoms with Gasteiger partial charge in [0.1, 0.15) is 0 Å². The predicted octanol–water partition coefficient (Wildman–Crippen LogP) is 2.64. The highest BCUT2D eigenvalue weighted by atomic mass is 35.5. The SMILES string of the molecule is CCOc1cc(C)nc(N(C)CC2CC(Cl)C2)n1. The van der Waals surface area contributed by atoms with Gasteiger partial charge in [0.05, 0.1) is 6.61 Å². The van der Waals surface area contributed by atoms with Gasteiger partial charge in [-0.05, 0) is 32.6 Å². The summed E-state index contributed by atoms with van der Waals surface area (Å²) in [5.41, 5.74) is 0.930. The van der Waals surface area contributed by atoms with Crippen molar-refractivity contribution in [1.82, 2.24) is 9.97 Å². The second-order valence-corrected chi connectivity index (χ2v) is 5.51. The maximum atomic E-state index is 6.00. The van der Waals surface area contributed by atoms with Crippen molar-refractivity contribution in [2.75, 3.05) is 25.1 Å². The van der Waals surface area contributed by atoms with Crippen LogP contribution in [0.5, 0.6) is 5.88 Å². The first kappa shape index (κ1) is 13.4. The fourth-order valence-electron chi connectivity index (χ4n) is 2.19. The predicted molar refractivity (Wildman–Crippen MR) is 73.6 cm³/mol.